The summed E-state index contributed by atoms with van der Waals surface area (Å²) in [6.45, 7) is 4.59. The maximum absolute atomic E-state index is 11.1. The summed E-state index contributed by atoms with van der Waals surface area (Å²) < 4.78 is 0. The molecule has 0 radical (unpaired) electrons. The molecule has 0 unspecified atom stereocenters. The van der Waals surface area contributed by atoms with E-state index in [1.54, 1.807) is 6.92 Å². The maximum atomic E-state index is 11.1. The molecule has 3 amide bonds. The monoisotopic (exact) mass is 185 g/mol. The van der Waals surface area contributed by atoms with Crippen molar-refractivity contribution in [2.45, 2.75) is 13.3 Å². The maximum Gasteiger partial charge on any atom is 0.321 e. The highest BCUT2D eigenvalue weighted by Gasteiger charge is 2.17. The standard InChI is InChI=1S/C8H15N3O2/c1-2-9-8(13)10-7(12)6-11-4-3-5-11/h2-6H2,1H3,(H2,9,10,12,13). The highest BCUT2D eigenvalue weighted by atomic mass is 16.2. The van der Waals surface area contributed by atoms with Crippen molar-refractivity contribution >= 4 is 11.9 Å². The highest BCUT2D eigenvalue weighted by Crippen LogP contribution is 2.03. The van der Waals surface area contributed by atoms with Gasteiger partial charge >= 0.3 is 6.03 Å². The molecule has 0 spiro atoms. The van der Waals surface area contributed by atoms with Crippen molar-refractivity contribution < 1.29 is 9.59 Å². The molecule has 0 atom stereocenters. The summed E-state index contributed by atoms with van der Waals surface area (Å²) in [5.74, 6) is -0.231. The van der Waals surface area contributed by atoms with E-state index in [0.717, 1.165) is 19.5 Å². The minimum Gasteiger partial charge on any atom is -0.338 e. The van der Waals surface area contributed by atoms with Crippen LogP contribution in [-0.2, 0) is 4.79 Å². The molecule has 5 nitrogen and oxygen atoms in total. The van der Waals surface area contributed by atoms with Crippen LogP contribution in [0.2, 0.25) is 0 Å². The van der Waals surface area contributed by atoms with E-state index >= 15 is 0 Å². The first-order valence-electron chi connectivity index (χ1n) is 4.52. The number of carbonyl (C=O) groups excluding carboxylic acids is 2. The second kappa shape index (κ2) is 4.81. The van der Waals surface area contributed by atoms with Crippen LogP contribution in [0, 0.1) is 0 Å². The number of nitrogens with one attached hydrogen (secondary N) is 2. The second-order valence-electron chi connectivity index (χ2n) is 3.04. The van der Waals surface area contributed by atoms with Crippen LogP contribution in [0.15, 0.2) is 0 Å². The Hall–Kier alpha value is -1.10. The third kappa shape index (κ3) is 3.42. The van der Waals surface area contributed by atoms with Gasteiger partial charge in [-0.15, -0.1) is 0 Å². The van der Waals surface area contributed by atoms with Crippen molar-refractivity contribution in [3.8, 4) is 0 Å². The molecule has 2 N–H and O–H groups in total. The minimum absolute atomic E-state index is 0.231. The van der Waals surface area contributed by atoms with Gasteiger partial charge in [0.05, 0.1) is 6.54 Å². The van der Waals surface area contributed by atoms with Gasteiger partial charge in [0.25, 0.3) is 0 Å². The summed E-state index contributed by atoms with van der Waals surface area (Å²) in [5.41, 5.74) is 0. The number of hydrogen-bond donors (Lipinski definition) is 2. The van der Waals surface area contributed by atoms with Gasteiger partial charge < -0.3 is 5.32 Å². The molecule has 1 rings (SSSR count). The van der Waals surface area contributed by atoms with Crippen LogP contribution >= 0.6 is 0 Å². The summed E-state index contributed by atoms with van der Waals surface area (Å²) in [5, 5.41) is 4.75. The average Bonchev–Trinajstić information content (AvgIpc) is 1.97. The Morgan fingerprint density at radius 1 is 1.38 bits per heavy atom. The lowest BCUT2D eigenvalue weighted by atomic mass is 10.2. The van der Waals surface area contributed by atoms with Crippen LogP contribution in [0.1, 0.15) is 13.3 Å². The number of rotatable bonds is 3. The molecule has 1 aliphatic rings. The highest BCUT2D eigenvalue weighted by molar-refractivity contribution is 5.95. The van der Waals surface area contributed by atoms with Crippen LogP contribution < -0.4 is 10.6 Å². The summed E-state index contributed by atoms with van der Waals surface area (Å²) in [6.07, 6.45) is 1.15. The van der Waals surface area contributed by atoms with E-state index in [1.807, 2.05) is 4.90 Å². The van der Waals surface area contributed by atoms with Gasteiger partial charge in [-0.2, -0.15) is 0 Å². The Balaban J connectivity index is 2.12. The Labute approximate surface area is 77.5 Å². The fourth-order valence-electron chi connectivity index (χ4n) is 1.11. The van der Waals surface area contributed by atoms with E-state index in [9.17, 15) is 9.59 Å². The predicted octanol–water partition coefficient (Wildman–Crippen LogP) is -0.462. The Morgan fingerprint density at radius 2 is 2.08 bits per heavy atom. The molecule has 0 aromatic heterocycles. The smallest absolute Gasteiger partial charge is 0.321 e. The van der Waals surface area contributed by atoms with Gasteiger partial charge in [0.15, 0.2) is 0 Å². The summed E-state index contributed by atoms with van der Waals surface area (Å²) in [4.78, 5) is 24.0. The van der Waals surface area contributed by atoms with E-state index in [4.69, 9.17) is 0 Å². The topological polar surface area (TPSA) is 61.4 Å². The first kappa shape index (κ1) is 9.98. The number of urea groups is 1. The molecule has 0 bridgehead atoms. The van der Waals surface area contributed by atoms with Crippen molar-refractivity contribution in [1.29, 1.82) is 0 Å². The van der Waals surface area contributed by atoms with Crippen LogP contribution in [-0.4, -0.2) is 43.0 Å². The van der Waals surface area contributed by atoms with Crippen LogP contribution in [0.3, 0.4) is 0 Å². The number of imide groups is 1. The van der Waals surface area contributed by atoms with Crippen molar-refractivity contribution in [3.05, 3.63) is 0 Å². The molecule has 1 saturated heterocycles. The fourth-order valence-corrected chi connectivity index (χ4v) is 1.11. The van der Waals surface area contributed by atoms with Crippen molar-refractivity contribution in [2.24, 2.45) is 0 Å². The van der Waals surface area contributed by atoms with Crippen molar-refractivity contribution in [3.63, 3.8) is 0 Å². The molecule has 0 saturated carbocycles. The molecule has 1 heterocycles. The van der Waals surface area contributed by atoms with Crippen LogP contribution in [0.25, 0.3) is 0 Å². The zero-order valence-corrected chi connectivity index (χ0v) is 7.80. The van der Waals surface area contributed by atoms with E-state index in [2.05, 4.69) is 10.6 Å². The zero-order valence-electron chi connectivity index (χ0n) is 7.80. The lowest BCUT2D eigenvalue weighted by Crippen LogP contribution is -2.48. The number of likely N-dealkylation sites (tertiary alicyclic amines) is 1. The second-order valence-corrected chi connectivity index (χ2v) is 3.04. The lowest BCUT2D eigenvalue weighted by Gasteiger charge is -2.29. The Bertz CT molecular complexity index is 202. The van der Waals surface area contributed by atoms with E-state index in [0.29, 0.717) is 13.1 Å². The SMILES string of the molecule is CCNC(=O)NC(=O)CN1CCC1. The van der Waals surface area contributed by atoms with E-state index < -0.39 is 6.03 Å². The fraction of sp³-hybridized carbons (Fsp3) is 0.750. The van der Waals surface area contributed by atoms with Crippen LogP contribution in [0.4, 0.5) is 4.79 Å². The normalized spacial score (nSPS) is 16.1. The number of hydrogen-bond acceptors (Lipinski definition) is 3. The first-order valence-corrected chi connectivity index (χ1v) is 4.52. The molecule has 0 aromatic carbocycles. The number of carbonyl (C=O) groups is 2. The van der Waals surface area contributed by atoms with E-state index in [-0.39, 0.29) is 5.91 Å². The van der Waals surface area contributed by atoms with Crippen LogP contribution in [0.5, 0.6) is 0 Å². The third-order valence-electron chi connectivity index (χ3n) is 1.91. The largest absolute Gasteiger partial charge is 0.338 e. The average molecular weight is 185 g/mol. The molecule has 13 heavy (non-hydrogen) atoms. The van der Waals surface area contributed by atoms with Crippen molar-refractivity contribution in [1.82, 2.24) is 15.5 Å². The van der Waals surface area contributed by atoms with Gasteiger partial charge in [0.1, 0.15) is 0 Å². The van der Waals surface area contributed by atoms with Gasteiger partial charge in [-0.1, -0.05) is 0 Å². The summed E-state index contributed by atoms with van der Waals surface area (Å²) in [7, 11) is 0. The number of nitrogens with zero attached hydrogens (tertiary/aromatic N) is 1. The van der Waals surface area contributed by atoms with Gasteiger partial charge in [-0.25, -0.2) is 4.79 Å². The first-order chi connectivity index (χ1) is 6.22. The lowest BCUT2D eigenvalue weighted by molar-refractivity contribution is -0.121. The Morgan fingerprint density at radius 3 is 2.54 bits per heavy atom. The summed E-state index contributed by atoms with van der Waals surface area (Å²) in [6, 6.07) is -0.409. The molecule has 0 aliphatic carbocycles. The van der Waals surface area contributed by atoms with E-state index in [1.165, 1.54) is 0 Å². The third-order valence-corrected chi connectivity index (χ3v) is 1.91. The quantitative estimate of drug-likeness (QED) is 0.625. The van der Waals surface area contributed by atoms with Gasteiger partial charge in [0, 0.05) is 6.54 Å². The number of amides is 3. The molecule has 1 aliphatic heterocycles. The predicted molar refractivity (Wildman–Crippen MR) is 48.3 cm³/mol. The molecule has 0 aromatic rings. The molecule has 74 valence electrons. The molecule has 1 fully saturated rings. The minimum atomic E-state index is -0.409. The molecular formula is C8H15N3O2. The van der Waals surface area contributed by atoms with Crippen molar-refractivity contribution in [2.75, 3.05) is 26.2 Å². The Kier molecular flexibility index (Phi) is 3.70. The zero-order chi connectivity index (χ0) is 9.68. The van der Waals surface area contributed by atoms with Gasteiger partial charge in [0.2, 0.25) is 5.91 Å². The van der Waals surface area contributed by atoms with Gasteiger partial charge in [-0.05, 0) is 26.4 Å². The molecular weight excluding hydrogens is 170 g/mol. The molecule has 5 heteroatoms. The summed E-state index contributed by atoms with van der Waals surface area (Å²) >= 11 is 0. The van der Waals surface area contributed by atoms with Gasteiger partial charge in [-0.3, -0.25) is 15.0 Å².